The molecule has 0 spiro atoms. The number of aliphatic hydroxyl groups is 1. The number of hydrogen-bond donors (Lipinski definition) is 2. The molecule has 0 fully saturated rings. The lowest BCUT2D eigenvalue weighted by molar-refractivity contribution is 0.169. The zero-order valence-corrected chi connectivity index (χ0v) is 11.8. The summed E-state index contributed by atoms with van der Waals surface area (Å²) in [5.74, 6) is 1.43. The van der Waals surface area contributed by atoms with Crippen LogP contribution in [0, 0.1) is 0 Å². The molecule has 2 rings (SSSR count). The fourth-order valence-electron chi connectivity index (χ4n) is 1.93. The topological polar surface area (TPSA) is 61.3 Å². The van der Waals surface area contributed by atoms with Gasteiger partial charge in [-0.1, -0.05) is 30.3 Å². The molecule has 0 aliphatic rings. The van der Waals surface area contributed by atoms with Crippen LogP contribution in [0.25, 0.3) is 0 Å². The summed E-state index contributed by atoms with van der Waals surface area (Å²) in [7, 11) is 3.75. The first-order valence-corrected chi connectivity index (χ1v) is 6.65. The Morgan fingerprint density at radius 1 is 1.25 bits per heavy atom. The molecule has 0 saturated carbocycles. The zero-order valence-electron chi connectivity index (χ0n) is 11.8. The second-order valence-electron chi connectivity index (χ2n) is 4.63. The summed E-state index contributed by atoms with van der Waals surface area (Å²) in [4.78, 5) is 10.5. The van der Waals surface area contributed by atoms with Gasteiger partial charge in [0.15, 0.2) is 0 Å². The molecule has 1 aromatic heterocycles. The second-order valence-corrected chi connectivity index (χ2v) is 4.63. The van der Waals surface area contributed by atoms with Crippen LogP contribution in [0.3, 0.4) is 0 Å². The quantitative estimate of drug-likeness (QED) is 0.843. The van der Waals surface area contributed by atoms with E-state index in [0.29, 0.717) is 18.9 Å². The van der Waals surface area contributed by atoms with E-state index in [1.807, 2.05) is 55.4 Å². The molecule has 0 unspecified atom stereocenters. The van der Waals surface area contributed by atoms with Gasteiger partial charge in [0.25, 0.3) is 0 Å². The molecule has 1 atom stereocenters. The largest absolute Gasteiger partial charge is 0.388 e. The summed E-state index contributed by atoms with van der Waals surface area (Å²) >= 11 is 0. The standard InChI is InChI=1S/C15H20N4O/c1-16-14-8-10-17-15(18-14)19(2)11-9-13(20)12-6-4-3-5-7-12/h3-8,10,13,20H,9,11H2,1-2H3,(H,16,17,18)/t13-/m1/s1. The van der Waals surface area contributed by atoms with E-state index in [1.165, 1.54) is 0 Å². The number of aromatic nitrogens is 2. The third kappa shape index (κ3) is 3.68. The summed E-state index contributed by atoms with van der Waals surface area (Å²) < 4.78 is 0. The molecule has 0 radical (unpaired) electrons. The van der Waals surface area contributed by atoms with Crippen LogP contribution in [0.1, 0.15) is 18.1 Å². The minimum absolute atomic E-state index is 0.467. The van der Waals surface area contributed by atoms with E-state index in [2.05, 4.69) is 15.3 Å². The molecule has 5 nitrogen and oxygen atoms in total. The summed E-state index contributed by atoms with van der Waals surface area (Å²) in [5, 5.41) is 13.1. The minimum atomic E-state index is -0.467. The van der Waals surface area contributed by atoms with Gasteiger partial charge >= 0.3 is 0 Å². The van der Waals surface area contributed by atoms with Gasteiger partial charge in [0.1, 0.15) is 5.82 Å². The highest BCUT2D eigenvalue weighted by atomic mass is 16.3. The number of benzene rings is 1. The highest BCUT2D eigenvalue weighted by Gasteiger charge is 2.10. The van der Waals surface area contributed by atoms with Crippen LogP contribution in [0.2, 0.25) is 0 Å². The lowest BCUT2D eigenvalue weighted by atomic mass is 10.1. The van der Waals surface area contributed by atoms with Crippen LogP contribution in [-0.2, 0) is 0 Å². The molecule has 106 valence electrons. The van der Waals surface area contributed by atoms with Crippen molar-refractivity contribution in [1.82, 2.24) is 9.97 Å². The van der Waals surface area contributed by atoms with E-state index in [0.717, 1.165) is 11.4 Å². The molecule has 0 saturated heterocycles. The fourth-order valence-corrected chi connectivity index (χ4v) is 1.93. The van der Waals surface area contributed by atoms with Crippen molar-refractivity contribution in [1.29, 1.82) is 0 Å². The van der Waals surface area contributed by atoms with E-state index >= 15 is 0 Å². The molecule has 5 heteroatoms. The van der Waals surface area contributed by atoms with Gasteiger partial charge < -0.3 is 15.3 Å². The monoisotopic (exact) mass is 272 g/mol. The Kier molecular flexibility index (Phi) is 4.90. The van der Waals surface area contributed by atoms with Gasteiger partial charge in [-0.15, -0.1) is 0 Å². The van der Waals surface area contributed by atoms with Crippen LogP contribution in [0.15, 0.2) is 42.6 Å². The summed E-state index contributed by atoms with van der Waals surface area (Å²) in [6.45, 7) is 0.684. The van der Waals surface area contributed by atoms with Crippen molar-refractivity contribution in [3.63, 3.8) is 0 Å². The third-order valence-electron chi connectivity index (χ3n) is 3.16. The Morgan fingerprint density at radius 2 is 2.00 bits per heavy atom. The Morgan fingerprint density at radius 3 is 2.70 bits per heavy atom. The number of anilines is 2. The third-order valence-corrected chi connectivity index (χ3v) is 3.16. The molecule has 0 bridgehead atoms. The first-order valence-electron chi connectivity index (χ1n) is 6.65. The number of aliphatic hydroxyl groups excluding tert-OH is 1. The lowest BCUT2D eigenvalue weighted by Crippen LogP contribution is -2.22. The first-order chi connectivity index (χ1) is 9.70. The van der Waals surface area contributed by atoms with E-state index < -0.39 is 6.10 Å². The average molecular weight is 272 g/mol. The molecule has 0 amide bonds. The summed E-state index contributed by atoms with van der Waals surface area (Å²) in [5.41, 5.74) is 0.936. The molecule has 2 N–H and O–H groups in total. The van der Waals surface area contributed by atoms with Crippen molar-refractivity contribution in [3.05, 3.63) is 48.2 Å². The molecular weight excluding hydrogens is 252 g/mol. The number of nitrogens with zero attached hydrogens (tertiary/aromatic N) is 3. The highest BCUT2D eigenvalue weighted by Crippen LogP contribution is 2.17. The Hall–Kier alpha value is -2.14. The Balaban J connectivity index is 1.93. The first kappa shape index (κ1) is 14.3. The highest BCUT2D eigenvalue weighted by molar-refractivity contribution is 5.40. The van der Waals surface area contributed by atoms with Crippen LogP contribution < -0.4 is 10.2 Å². The van der Waals surface area contributed by atoms with Crippen molar-refractivity contribution in [2.24, 2.45) is 0 Å². The molecule has 1 heterocycles. The SMILES string of the molecule is CNc1ccnc(N(C)CC[C@@H](O)c2ccccc2)n1. The maximum atomic E-state index is 10.1. The Bertz CT molecular complexity index is 532. The van der Waals surface area contributed by atoms with Crippen molar-refractivity contribution in [2.75, 3.05) is 30.9 Å². The Labute approximate surface area is 119 Å². The average Bonchev–Trinajstić information content (AvgIpc) is 2.53. The normalized spacial score (nSPS) is 11.9. The molecule has 2 aromatic rings. The van der Waals surface area contributed by atoms with Gasteiger partial charge in [-0.25, -0.2) is 4.98 Å². The van der Waals surface area contributed by atoms with Gasteiger partial charge in [0, 0.05) is 26.8 Å². The number of hydrogen-bond acceptors (Lipinski definition) is 5. The van der Waals surface area contributed by atoms with E-state index in [1.54, 1.807) is 6.20 Å². The summed E-state index contributed by atoms with van der Waals surface area (Å²) in [6, 6.07) is 11.5. The molecule has 1 aromatic carbocycles. The van der Waals surface area contributed by atoms with Crippen molar-refractivity contribution < 1.29 is 5.11 Å². The van der Waals surface area contributed by atoms with Crippen LogP contribution in [0.4, 0.5) is 11.8 Å². The van der Waals surface area contributed by atoms with Gasteiger partial charge in [-0.2, -0.15) is 4.98 Å². The number of nitrogens with one attached hydrogen (secondary N) is 1. The fraction of sp³-hybridized carbons (Fsp3) is 0.333. The van der Waals surface area contributed by atoms with Gasteiger partial charge in [-0.05, 0) is 18.1 Å². The van der Waals surface area contributed by atoms with Gasteiger partial charge in [-0.3, -0.25) is 0 Å². The minimum Gasteiger partial charge on any atom is -0.388 e. The van der Waals surface area contributed by atoms with Gasteiger partial charge in [0.2, 0.25) is 5.95 Å². The van der Waals surface area contributed by atoms with Crippen LogP contribution in [0.5, 0.6) is 0 Å². The van der Waals surface area contributed by atoms with Crippen molar-refractivity contribution in [2.45, 2.75) is 12.5 Å². The predicted molar refractivity (Wildman–Crippen MR) is 80.9 cm³/mol. The van der Waals surface area contributed by atoms with Crippen LogP contribution >= 0.6 is 0 Å². The van der Waals surface area contributed by atoms with E-state index in [-0.39, 0.29) is 0 Å². The maximum absolute atomic E-state index is 10.1. The maximum Gasteiger partial charge on any atom is 0.226 e. The van der Waals surface area contributed by atoms with E-state index in [9.17, 15) is 5.11 Å². The molecular formula is C15H20N4O. The van der Waals surface area contributed by atoms with Crippen molar-refractivity contribution >= 4 is 11.8 Å². The summed E-state index contributed by atoms with van der Waals surface area (Å²) in [6.07, 6.45) is 1.89. The van der Waals surface area contributed by atoms with E-state index in [4.69, 9.17) is 0 Å². The lowest BCUT2D eigenvalue weighted by Gasteiger charge is -2.19. The molecule has 0 aliphatic heterocycles. The zero-order chi connectivity index (χ0) is 14.4. The molecule has 20 heavy (non-hydrogen) atoms. The predicted octanol–water partition coefficient (Wildman–Crippen LogP) is 2.08. The van der Waals surface area contributed by atoms with Crippen molar-refractivity contribution in [3.8, 4) is 0 Å². The second kappa shape index (κ2) is 6.86. The smallest absolute Gasteiger partial charge is 0.226 e. The van der Waals surface area contributed by atoms with Gasteiger partial charge in [0.05, 0.1) is 6.10 Å². The molecule has 0 aliphatic carbocycles. The van der Waals surface area contributed by atoms with Crippen LogP contribution in [-0.4, -0.2) is 35.7 Å². The number of rotatable bonds is 6.